The molecular weight excluding hydrogens is 488 g/mol. The average Bonchev–Trinajstić information content (AvgIpc) is 3.32. The van der Waals surface area contributed by atoms with Crippen LogP contribution in [0.1, 0.15) is 70.7 Å². The lowest BCUT2D eigenvalue weighted by atomic mass is 10.0. The Kier molecular flexibility index (Phi) is 15.7. The van der Waals surface area contributed by atoms with Crippen LogP contribution in [0.3, 0.4) is 0 Å². The zero-order chi connectivity index (χ0) is 27.8. The Bertz CT molecular complexity index is 771. The second-order valence-corrected chi connectivity index (χ2v) is 10.4. The second-order valence-electron chi connectivity index (χ2n) is 10.4. The van der Waals surface area contributed by atoms with Gasteiger partial charge in [0.2, 0.25) is 0 Å². The highest BCUT2D eigenvalue weighted by Crippen LogP contribution is 2.23. The number of likely N-dealkylation sites (tertiary alicyclic amines) is 2. The van der Waals surface area contributed by atoms with Crippen LogP contribution in [0.15, 0.2) is 0 Å². The smallest absolute Gasteiger partial charge is 0.410 e. The molecule has 0 saturated carbocycles. The van der Waals surface area contributed by atoms with Crippen molar-refractivity contribution in [1.82, 2.24) is 9.80 Å². The number of nitrogens with zero attached hydrogens (tertiary/aromatic N) is 2. The number of esters is 1. The lowest BCUT2D eigenvalue weighted by Gasteiger charge is -2.25. The lowest BCUT2D eigenvalue weighted by Crippen LogP contribution is -2.51. The molecule has 0 aromatic rings. The van der Waals surface area contributed by atoms with Gasteiger partial charge in [-0.2, -0.15) is 0 Å². The fourth-order valence-corrected chi connectivity index (χ4v) is 3.18. The molecule has 2 fully saturated rings. The van der Waals surface area contributed by atoms with Crippen LogP contribution in [-0.4, -0.2) is 107 Å². The SMILES string of the molecule is C.C.CC(C)(C)OC(=O)N1CCC(N)(C(=O)O)C1.CO.COC(=O)C1(N)CCN(C(=O)OC(C)(C)C)C1.[3HH]. The predicted octanol–water partition coefficient (Wildman–Crippen LogP) is 2.03. The average molecular weight is 543 g/mol. The largest absolute Gasteiger partial charge is 0.480 e. The van der Waals surface area contributed by atoms with E-state index in [1.165, 1.54) is 16.9 Å². The number of aliphatic hydroxyl groups is 1. The first-order chi connectivity index (χ1) is 15.8. The van der Waals surface area contributed by atoms with Crippen LogP contribution < -0.4 is 11.5 Å². The Morgan fingerprint density at radius 1 is 0.784 bits per heavy atom. The summed E-state index contributed by atoms with van der Waals surface area (Å²) in [6.45, 7) is 11.5. The molecule has 37 heavy (non-hydrogen) atoms. The van der Waals surface area contributed by atoms with Gasteiger partial charge in [0.15, 0.2) is 0 Å². The number of aliphatic carboxylic acids is 1. The van der Waals surface area contributed by atoms with Crippen molar-refractivity contribution in [2.75, 3.05) is 40.4 Å². The van der Waals surface area contributed by atoms with Crippen molar-refractivity contribution in [3.05, 3.63) is 0 Å². The van der Waals surface area contributed by atoms with E-state index >= 15 is 0 Å². The molecule has 2 atom stereocenters. The van der Waals surface area contributed by atoms with Gasteiger partial charge >= 0.3 is 24.1 Å². The molecular formula is C24H52N4O9. The van der Waals surface area contributed by atoms with Crippen LogP contribution in [-0.2, 0) is 23.8 Å². The number of carbonyl (C=O) groups excluding carboxylic acids is 3. The molecule has 0 bridgehead atoms. The minimum absolute atomic E-state index is 0. The standard InChI is InChI=1S/C11H20N2O4.C10H18N2O4.CH4O.2CH4.H2/c1-10(2,3)17-9(15)13-6-5-11(12,7-13)8(14)16-4;1-9(2,3)16-8(15)12-5-4-10(11,6-12)7(13)14;1-2;;;/h5-7,12H2,1-4H3;4-6,11H2,1-3H3,(H,13,14);2H,1H3;2*1H4;1H/i;;;;;1+2. The molecule has 222 valence electrons. The summed E-state index contributed by atoms with van der Waals surface area (Å²) in [6.07, 6.45) is -0.324. The highest BCUT2D eigenvalue weighted by molar-refractivity contribution is 5.83. The molecule has 0 aliphatic carbocycles. The molecule has 0 radical (unpaired) electrons. The first kappa shape index (κ1) is 38.9. The minimum Gasteiger partial charge on any atom is -0.480 e. The maximum absolute atomic E-state index is 11.8. The van der Waals surface area contributed by atoms with E-state index in [2.05, 4.69) is 4.74 Å². The van der Waals surface area contributed by atoms with E-state index in [1.54, 1.807) is 41.5 Å². The van der Waals surface area contributed by atoms with Gasteiger partial charge in [-0.3, -0.25) is 4.79 Å². The van der Waals surface area contributed by atoms with Crippen LogP contribution in [0, 0.1) is 0 Å². The van der Waals surface area contributed by atoms with Crippen molar-refractivity contribution in [3.8, 4) is 0 Å². The molecule has 13 nitrogen and oxygen atoms in total. The quantitative estimate of drug-likeness (QED) is 0.294. The van der Waals surface area contributed by atoms with Crippen molar-refractivity contribution in [2.45, 2.75) is 91.5 Å². The lowest BCUT2D eigenvalue weighted by molar-refractivity contribution is -0.146. The van der Waals surface area contributed by atoms with E-state index in [0.717, 1.165) is 7.11 Å². The summed E-state index contributed by atoms with van der Waals surface area (Å²) in [5, 5.41) is 15.9. The maximum Gasteiger partial charge on any atom is 0.410 e. The second kappa shape index (κ2) is 14.9. The van der Waals surface area contributed by atoms with Crippen molar-refractivity contribution in [3.63, 3.8) is 0 Å². The third-order valence-corrected chi connectivity index (χ3v) is 4.92. The maximum atomic E-state index is 11.8. The molecule has 2 aliphatic rings. The Morgan fingerprint density at radius 3 is 1.38 bits per heavy atom. The Balaban J connectivity index is -0.000000266. The monoisotopic (exact) mass is 542 g/mol. The number of hydrogen-bond acceptors (Lipinski definition) is 10. The summed E-state index contributed by atoms with van der Waals surface area (Å²) in [4.78, 5) is 48.5. The van der Waals surface area contributed by atoms with Gasteiger partial charge in [0.1, 0.15) is 22.3 Å². The number of carbonyl (C=O) groups is 4. The number of nitrogens with two attached hydrogens (primary N) is 2. The number of carboxylic acid groups (broad SMARTS) is 1. The topological polar surface area (TPSA) is 195 Å². The molecule has 2 heterocycles. The molecule has 0 spiro atoms. The number of carboxylic acids is 1. The molecule has 0 aromatic carbocycles. The number of aliphatic hydroxyl groups excluding tert-OH is 1. The zero-order valence-electron chi connectivity index (χ0n) is 22.0. The third kappa shape index (κ3) is 12.4. The molecule has 2 amide bonds. The predicted molar refractivity (Wildman–Crippen MR) is 142 cm³/mol. The van der Waals surface area contributed by atoms with E-state index in [0.29, 0.717) is 19.5 Å². The molecule has 13 heteroatoms. The van der Waals surface area contributed by atoms with Crippen LogP contribution in [0.25, 0.3) is 0 Å². The van der Waals surface area contributed by atoms with E-state index < -0.39 is 46.4 Å². The fraction of sp³-hybridized carbons (Fsp3) is 0.833. The van der Waals surface area contributed by atoms with Gasteiger partial charge < -0.3 is 45.7 Å². The Labute approximate surface area is 222 Å². The summed E-state index contributed by atoms with van der Waals surface area (Å²) >= 11 is 0. The molecule has 6 N–H and O–H groups in total. The Hall–Kier alpha value is -2.64. The summed E-state index contributed by atoms with van der Waals surface area (Å²) in [5.74, 6) is -1.58. The van der Waals surface area contributed by atoms with Crippen LogP contribution >= 0.6 is 0 Å². The van der Waals surface area contributed by atoms with E-state index in [4.69, 9.17) is 31.2 Å². The molecule has 2 aliphatic heterocycles. The number of rotatable bonds is 2. The number of amides is 2. The van der Waals surface area contributed by atoms with E-state index in [1.807, 2.05) is 0 Å². The first-order valence-corrected chi connectivity index (χ1v) is 11.1. The van der Waals surface area contributed by atoms with Gasteiger partial charge in [0.05, 0.1) is 20.2 Å². The zero-order valence-corrected chi connectivity index (χ0v) is 22.0. The van der Waals surface area contributed by atoms with E-state index in [9.17, 15) is 19.2 Å². The van der Waals surface area contributed by atoms with Gasteiger partial charge in [0.25, 0.3) is 0 Å². The third-order valence-electron chi connectivity index (χ3n) is 4.92. The fourth-order valence-electron chi connectivity index (χ4n) is 3.18. The minimum atomic E-state index is -1.34. The number of ether oxygens (including phenoxy) is 3. The highest BCUT2D eigenvalue weighted by atomic mass is 16.6. The summed E-state index contributed by atoms with van der Waals surface area (Å²) < 4.78 is 15.0. The normalized spacial score (nSPS) is 22.6. The molecule has 2 rings (SSSR count). The van der Waals surface area contributed by atoms with Crippen molar-refractivity contribution in [1.29, 1.82) is 0 Å². The van der Waals surface area contributed by atoms with Crippen LogP contribution in [0.5, 0.6) is 0 Å². The summed E-state index contributed by atoms with van der Waals surface area (Å²) in [6, 6.07) is 0. The summed E-state index contributed by atoms with van der Waals surface area (Å²) in [5.41, 5.74) is 7.95. The first-order valence-electron chi connectivity index (χ1n) is 11.1. The highest BCUT2D eigenvalue weighted by Gasteiger charge is 2.45. The summed E-state index contributed by atoms with van der Waals surface area (Å²) in [7, 11) is 2.28. The van der Waals surface area contributed by atoms with Crippen molar-refractivity contribution in [2.24, 2.45) is 11.5 Å². The Morgan fingerprint density at radius 2 is 1.11 bits per heavy atom. The van der Waals surface area contributed by atoms with Crippen LogP contribution in [0.2, 0.25) is 0 Å². The van der Waals surface area contributed by atoms with Gasteiger partial charge in [0, 0.05) is 21.6 Å². The molecule has 0 aromatic heterocycles. The van der Waals surface area contributed by atoms with Crippen LogP contribution in [0.4, 0.5) is 9.59 Å². The van der Waals surface area contributed by atoms with Crippen molar-refractivity contribution < 1.29 is 45.0 Å². The number of hydrogen-bond donors (Lipinski definition) is 4. The van der Waals surface area contributed by atoms with Gasteiger partial charge in [-0.25, -0.2) is 14.4 Å². The van der Waals surface area contributed by atoms with Gasteiger partial charge in [-0.1, -0.05) is 14.9 Å². The molecule has 2 saturated heterocycles. The van der Waals surface area contributed by atoms with Crippen molar-refractivity contribution >= 4 is 24.1 Å². The molecule has 2 unspecified atom stereocenters. The number of methoxy groups -OCH3 is 1. The van der Waals surface area contributed by atoms with E-state index in [-0.39, 0.29) is 35.8 Å². The van der Waals surface area contributed by atoms with Gasteiger partial charge in [-0.05, 0) is 54.4 Å². The van der Waals surface area contributed by atoms with Gasteiger partial charge in [-0.15, -0.1) is 0 Å².